The van der Waals surface area contributed by atoms with Crippen molar-refractivity contribution >= 4 is 27.5 Å². The van der Waals surface area contributed by atoms with Gasteiger partial charge in [-0.15, -0.1) is 0 Å². The van der Waals surface area contributed by atoms with Gasteiger partial charge in [-0.1, -0.05) is 24.3 Å². The maximum Gasteiger partial charge on any atom is 0.253 e. The molecule has 1 aliphatic heterocycles. The number of aryl methyl sites for hydroxylation is 1. The molecular formula is C21H25N3O4S. The summed E-state index contributed by atoms with van der Waals surface area (Å²) in [7, 11) is -3.40. The molecule has 3 rings (SSSR count). The molecule has 2 aromatic carbocycles. The van der Waals surface area contributed by atoms with E-state index in [0.717, 1.165) is 11.8 Å². The van der Waals surface area contributed by atoms with Crippen molar-refractivity contribution in [2.75, 3.05) is 24.1 Å². The number of likely N-dealkylation sites (tertiary alicyclic amines) is 1. The molecule has 0 aromatic heterocycles. The van der Waals surface area contributed by atoms with Gasteiger partial charge in [-0.2, -0.15) is 0 Å². The molecule has 29 heavy (non-hydrogen) atoms. The Morgan fingerprint density at radius 3 is 2.38 bits per heavy atom. The predicted octanol–water partition coefficient (Wildman–Crippen LogP) is 2.40. The Labute approximate surface area is 171 Å². The van der Waals surface area contributed by atoms with E-state index < -0.39 is 10.0 Å². The van der Waals surface area contributed by atoms with Crippen molar-refractivity contribution < 1.29 is 18.0 Å². The second-order valence-electron chi connectivity index (χ2n) is 7.31. The molecule has 0 bridgehead atoms. The van der Waals surface area contributed by atoms with E-state index in [1.807, 2.05) is 25.1 Å². The first-order chi connectivity index (χ1) is 13.7. The van der Waals surface area contributed by atoms with E-state index in [2.05, 4.69) is 10.0 Å². The maximum atomic E-state index is 12.8. The van der Waals surface area contributed by atoms with Gasteiger partial charge < -0.3 is 10.2 Å². The molecule has 1 fully saturated rings. The number of benzene rings is 2. The molecule has 0 saturated carbocycles. The van der Waals surface area contributed by atoms with E-state index in [9.17, 15) is 18.0 Å². The topological polar surface area (TPSA) is 95.6 Å². The van der Waals surface area contributed by atoms with Crippen molar-refractivity contribution in [2.45, 2.75) is 25.8 Å². The molecule has 2 amide bonds. The molecule has 0 aliphatic carbocycles. The molecule has 1 heterocycles. The van der Waals surface area contributed by atoms with E-state index in [1.54, 1.807) is 29.2 Å². The summed E-state index contributed by atoms with van der Waals surface area (Å²) in [6, 6.07) is 13.9. The van der Waals surface area contributed by atoms with E-state index in [1.165, 1.54) is 6.07 Å². The summed E-state index contributed by atoms with van der Waals surface area (Å²) in [5, 5.41) is 3.06. The first-order valence-corrected chi connectivity index (χ1v) is 11.4. The second kappa shape index (κ2) is 8.65. The number of nitrogens with zero attached hydrogens (tertiary/aromatic N) is 1. The summed E-state index contributed by atoms with van der Waals surface area (Å²) in [4.78, 5) is 27.0. The van der Waals surface area contributed by atoms with Gasteiger partial charge in [-0.25, -0.2) is 8.42 Å². The van der Waals surface area contributed by atoms with Crippen molar-refractivity contribution in [3.63, 3.8) is 0 Å². The van der Waals surface area contributed by atoms with E-state index in [4.69, 9.17) is 0 Å². The second-order valence-corrected chi connectivity index (χ2v) is 9.06. The van der Waals surface area contributed by atoms with Crippen LogP contribution < -0.4 is 10.0 Å². The highest BCUT2D eigenvalue weighted by Crippen LogP contribution is 2.18. The number of piperidine rings is 1. The van der Waals surface area contributed by atoms with Gasteiger partial charge >= 0.3 is 0 Å². The highest BCUT2D eigenvalue weighted by atomic mass is 32.2. The van der Waals surface area contributed by atoms with Crippen molar-refractivity contribution in [1.82, 2.24) is 10.2 Å². The lowest BCUT2D eigenvalue weighted by atomic mass is 10.0. The van der Waals surface area contributed by atoms with Crippen LogP contribution in [0.5, 0.6) is 0 Å². The molecule has 7 nitrogen and oxygen atoms in total. The minimum atomic E-state index is -3.40. The van der Waals surface area contributed by atoms with Crippen LogP contribution in [0.3, 0.4) is 0 Å². The average molecular weight is 416 g/mol. The Kier molecular flexibility index (Phi) is 6.22. The van der Waals surface area contributed by atoms with Crippen LogP contribution in [0.15, 0.2) is 48.5 Å². The molecule has 0 radical (unpaired) electrons. The zero-order valence-corrected chi connectivity index (χ0v) is 17.3. The number of anilines is 1. The summed E-state index contributed by atoms with van der Waals surface area (Å²) in [6.07, 6.45) is 2.41. The Morgan fingerprint density at radius 1 is 1.03 bits per heavy atom. The van der Waals surface area contributed by atoms with Crippen LogP contribution in [0.2, 0.25) is 0 Å². The van der Waals surface area contributed by atoms with E-state index in [-0.39, 0.29) is 17.9 Å². The molecular weight excluding hydrogens is 390 g/mol. The van der Waals surface area contributed by atoms with Crippen molar-refractivity contribution in [3.05, 3.63) is 65.2 Å². The van der Waals surface area contributed by atoms with Gasteiger partial charge in [-0.05, 0) is 49.6 Å². The van der Waals surface area contributed by atoms with Gasteiger partial charge in [0.2, 0.25) is 10.0 Å². The Hall–Kier alpha value is -2.87. The third kappa shape index (κ3) is 5.57. The highest BCUT2D eigenvalue weighted by molar-refractivity contribution is 7.92. The zero-order chi connectivity index (χ0) is 21.0. The van der Waals surface area contributed by atoms with Gasteiger partial charge in [0, 0.05) is 35.9 Å². The average Bonchev–Trinajstić information content (AvgIpc) is 2.67. The molecule has 154 valence electrons. The first-order valence-electron chi connectivity index (χ1n) is 9.46. The van der Waals surface area contributed by atoms with Crippen LogP contribution in [0, 0.1) is 6.92 Å². The highest BCUT2D eigenvalue weighted by Gasteiger charge is 2.25. The molecule has 0 atom stereocenters. The number of sulfonamides is 1. The number of amides is 2. The van der Waals surface area contributed by atoms with Crippen LogP contribution in [-0.4, -0.2) is 50.5 Å². The zero-order valence-electron chi connectivity index (χ0n) is 16.5. The number of carbonyl (C=O) groups excluding carboxylic acids is 2. The van der Waals surface area contributed by atoms with Crippen molar-refractivity contribution in [1.29, 1.82) is 0 Å². The number of carbonyl (C=O) groups is 2. The number of rotatable bonds is 5. The number of nitrogens with one attached hydrogen (secondary N) is 2. The third-order valence-corrected chi connectivity index (χ3v) is 5.53. The molecule has 0 spiro atoms. The lowest BCUT2D eigenvalue weighted by molar-refractivity contribution is 0.0698. The summed E-state index contributed by atoms with van der Waals surface area (Å²) in [5.41, 5.74) is 2.39. The van der Waals surface area contributed by atoms with Gasteiger partial charge in [0.05, 0.1) is 6.26 Å². The lowest BCUT2D eigenvalue weighted by Gasteiger charge is -2.32. The first kappa shape index (κ1) is 20.9. The fourth-order valence-electron chi connectivity index (χ4n) is 3.43. The van der Waals surface area contributed by atoms with Gasteiger partial charge in [0.15, 0.2) is 0 Å². The Bertz CT molecular complexity index is 1010. The smallest absolute Gasteiger partial charge is 0.253 e. The minimum Gasteiger partial charge on any atom is -0.349 e. The largest absolute Gasteiger partial charge is 0.349 e. The fraction of sp³-hybridized carbons (Fsp3) is 0.333. The normalized spacial score (nSPS) is 15.0. The minimum absolute atomic E-state index is 0.0180. The molecule has 1 saturated heterocycles. The quantitative estimate of drug-likeness (QED) is 0.784. The number of hydrogen-bond donors (Lipinski definition) is 2. The van der Waals surface area contributed by atoms with E-state index >= 15 is 0 Å². The van der Waals surface area contributed by atoms with Gasteiger partial charge in [-0.3, -0.25) is 14.3 Å². The molecule has 1 aliphatic rings. The maximum absolute atomic E-state index is 12.8. The summed E-state index contributed by atoms with van der Waals surface area (Å²) < 4.78 is 25.2. The van der Waals surface area contributed by atoms with Crippen LogP contribution in [0.25, 0.3) is 0 Å². The Balaban J connectivity index is 1.58. The third-order valence-electron chi connectivity index (χ3n) is 4.92. The van der Waals surface area contributed by atoms with Crippen molar-refractivity contribution in [3.8, 4) is 0 Å². The SMILES string of the molecule is Cc1ccccc1C(=O)NC1CCN(C(=O)c2cccc(NS(C)(=O)=O)c2)CC1. The van der Waals surface area contributed by atoms with Gasteiger partial charge in [0.1, 0.15) is 0 Å². The lowest BCUT2D eigenvalue weighted by Crippen LogP contribution is -2.46. The Morgan fingerprint density at radius 2 is 1.72 bits per heavy atom. The van der Waals surface area contributed by atoms with Crippen LogP contribution in [0.1, 0.15) is 39.1 Å². The summed E-state index contributed by atoms with van der Waals surface area (Å²) in [5.74, 6) is -0.238. The van der Waals surface area contributed by atoms with Crippen LogP contribution in [0.4, 0.5) is 5.69 Å². The van der Waals surface area contributed by atoms with Crippen LogP contribution >= 0.6 is 0 Å². The predicted molar refractivity (Wildman–Crippen MR) is 112 cm³/mol. The standard InChI is InChI=1S/C21H25N3O4S/c1-15-6-3-4-9-19(15)20(25)22-17-10-12-24(13-11-17)21(26)16-7-5-8-18(14-16)23-29(2,27)28/h3-9,14,17,23H,10-13H2,1-2H3,(H,22,25). The summed E-state index contributed by atoms with van der Waals surface area (Å²) in [6.45, 7) is 2.96. The van der Waals surface area contributed by atoms with Gasteiger partial charge in [0.25, 0.3) is 11.8 Å². The molecule has 2 N–H and O–H groups in total. The fourth-order valence-corrected chi connectivity index (χ4v) is 3.99. The molecule has 0 unspecified atom stereocenters. The van der Waals surface area contributed by atoms with Crippen LogP contribution in [-0.2, 0) is 10.0 Å². The number of hydrogen-bond acceptors (Lipinski definition) is 4. The molecule has 2 aromatic rings. The van der Waals surface area contributed by atoms with Crippen molar-refractivity contribution in [2.24, 2.45) is 0 Å². The summed E-state index contributed by atoms with van der Waals surface area (Å²) >= 11 is 0. The molecule has 8 heteroatoms. The monoisotopic (exact) mass is 415 g/mol. The van der Waals surface area contributed by atoms with E-state index in [0.29, 0.717) is 42.7 Å².